The van der Waals surface area contributed by atoms with Crippen molar-refractivity contribution in [1.82, 2.24) is 9.97 Å². The Labute approximate surface area is 79.5 Å². The summed E-state index contributed by atoms with van der Waals surface area (Å²) in [7, 11) is 1.45. The summed E-state index contributed by atoms with van der Waals surface area (Å²) in [5, 5.41) is 0.515. The maximum Gasteiger partial charge on any atom is 0.226 e. The van der Waals surface area contributed by atoms with Gasteiger partial charge in [0.25, 0.3) is 0 Å². The molecule has 0 aliphatic rings. The first-order valence-corrected chi connectivity index (χ1v) is 3.98. The van der Waals surface area contributed by atoms with E-state index in [1.165, 1.54) is 13.2 Å². The number of rotatable bonds is 1. The topological polar surface area (TPSA) is 61.0 Å². The summed E-state index contributed by atoms with van der Waals surface area (Å²) in [5.74, 6) is -0.152. The average Bonchev–Trinajstić information content (AvgIpc) is 2.18. The fraction of sp³-hybridized carbons (Fsp3) is 0.111. The minimum Gasteiger partial charge on any atom is -0.480 e. The van der Waals surface area contributed by atoms with Gasteiger partial charge in [0.05, 0.1) is 12.5 Å². The number of benzene rings is 1. The Morgan fingerprint density at radius 2 is 2.14 bits per heavy atom. The monoisotopic (exact) mass is 193 g/mol. The summed E-state index contributed by atoms with van der Waals surface area (Å²) in [6, 6.07) is 4.56. The highest BCUT2D eigenvalue weighted by atomic mass is 19.1. The zero-order chi connectivity index (χ0) is 10.1. The molecule has 14 heavy (non-hydrogen) atoms. The number of aromatic nitrogens is 2. The summed E-state index contributed by atoms with van der Waals surface area (Å²) < 4.78 is 18.2. The SMILES string of the molecule is COc1nc(N)nc2c(F)cccc12. The van der Waals surface area contributed by atoms with Crippen molar-refractivity contribution < 1.29 is 9.13 Å². The van der Waals surface area contributed by atoms with E-state index in [0.717, 1.165) is 0 Å². The largest absolute Gasteiger partial charge is 0.480 e. The van der Waals surface area contributed by atoms with E-state index in [4.69, 9.17) is 10.5 Å². The standard InChI is InChI=1S/C9H8FN3O/c1-14-8-5-3-2-4-6(10)7(5)12-9(11)13-8/h2-4H,1H3,(H2,11,12,13). The Bertz CT molecular complexity index is 487. The van der Waals surface area contributed by atoms with Gasteiger partial charge in [-0.15, -0.1) is 0 Å². The maximum absolute atomic E-state index is 13.3. The molecule has 0 saturated heterocycles. The Morgan fingerprint density at radius 1 is 1.36 bits per heavy atom. The van der Waals surface area contributed by atoms with Gasteiger partial charge in [0, 0.05) is 0 Å². The second-order valence-corrected chi connectivity index (χ2v) is 2.73. The molecule has 0 bridgehead atoms. The molecule has 0 fully saturated rings. The number of hydrogen-bond donors (Lipinski definition) is 1. The number of halogens is 1. The van der Waals surface area contributed by atoms with E-state index >= 15 is 0 Å². The predicted octanol–water partition coefficient (Wildman–Crippen LogP) is 1.36. The van der Waals surface area contributed by atoms with E-state index in [9.17, 15) is 4.39 Å². The van der Waals surface area contributed by atoms with Crippen LogP contribution >= 0.6 is 0 Å². The number of ether oxygens (including phenoxy) is 1. The van der Waals surface area contributed by atoms with Crippen LogP contribution in [0.2, 0.25) is 0 Å². The minimum absolute atomic E-state index is 0.000509. The normalized spacial score (nSPS) is 10.4. The molecule has 72 valence electrons. The second kappa shape index (κ2) is 3.10. The van der Waals surface area contributed by atoms with Gasteiger partial charge in [-0.25, -0.2) is 9.37 Å². The lowest BCUT2D eigenvalue weighted by atomic mass is 10.2. The van der Waals surface area contributed by atoms with Crippen molar-refractivity contribution in [2.75, 3.05) is 12.8 Å². The van der Waals surface area contributed by atoms with Crippen molar-refractivity contribution in [3.05, 3.63) is 24.0 Å². The Balaban J connectivity index is 2.87. The third-order valence-corrected chi connectivity index (χ3v) is 1.85. The molecule has 0 unspecified atom stereocenters. The lowest BCUT2D eigenvalue weighted by molar-refractivity contribution is 0.403. The summed E-state index contributed by atoms with van der Waals surface area (Å²) in [6.07, 6.45) is 0. The highest BCUT2D eigenvalue weighted by Crippen LogP contribution is 2.24. The smallest absolute Gasteiger partial charge is 0.226 e. The van der Waals surface area contributed by atoms with Gasteiger partial charge >= 0.3 is 0 Å². The highest BCUT2D eigenvalue weighted by Gasteiger charge is 2.09. The molecule has 0 atom stereocenters. The highest BCUT2D eigenvalue weighted by molar-refractivity contribution is 5.84. The van der Waals surface area contributed by atoms with E-state index in [1.807, 2.05) is 0 Å². The van der Waals surface area contributed by atoms with Crippen molar-refractivity contribution in [3.63, 3.8) is 0 Å². The van der Waals surface area contributed by atoms with Gasteiger partial charge in [0.15, 0.2) is 0 Å². The first kappa shape index (κ1) is 8.68. The van der Waals surface area contributed by atoms with E-state index in [2.05, 4.69) is 9.97 Å². The van der Waals surface area contributed by atoms with Crippen LogP contribution in [0, 0.1) is 5.82 Å². The van der Waals surface area contributed by atoms with Crippen LogP contribution < -0.4 is 10.5 Å². The minimum atomic E-state index is -0.435. The van der Waals surface area contributed by atoms with Crippen molar-refractivity contribution in [1.29, 1.82) is 0 Å². The van der Waals surface area contributed by atoms with Gasteiger partial charge < -0.3 is 10.5 Å². The van der Waals surface area contributed by atoms with Crippen LogP contribution in [-0.4, -0.2) is 17.1 Å². The summed E-state index contributed by atoms with van der Waals surface area (Å²) in [5.41, 5.74) is 5.58. The molecule has 0 spiro atoms. The van der Waals surface area contributed by atoms with Gasteiger partial charge in [-0.2, -0.15) is 4.98 Å². The first-order chi connectivity index (χ1) is 6.72. The first-order valence-electron chi connectivity index (χ1n) is 3.98. The van der Waals surface area contributed by atoms with Crippen LogP contribution in [0.1, 0.15) is 0 Å². The van der Waals surface area contributed by atoms with E-state index in [1.54, 1.807) is 12.1 Å². The average molecular weight is 193 g/mol. The molecule has 4 nitrogen and oxygen atoms in total. The number of anilines is 1. The number of para-hydroxylation sites is 1. The van der Waals surface area contributed by atoms with Crippen molar-refractivity contribution >= 4 is 16.9 Å². The number of nitrogens with zero attached hydrogens (tertiary/aromatic N) is 2. The molecule has 2 aromatic rings. The van der Waals surface area contributed by atoms with Gasteiger partial charge in [-0.05, 0) is 12.1 Å². The molecule has 2 N–H and O–H groups in total. The Kier molecular flexibility index (Phi) is 1.92. The molecular formula is C9H8FN3O. The van der Waals surface area contributed by atoms with E-state index in [0.29, 0.717) is 5.39 Å². The Hall–Kier alpha value is -1.91. The number of nitrogen functional groups attached to an aromatic ring is 1. The third-order valence-electron chi connectivity index (χ3n) is 1.85. The van der Waals surface area contributed by atoms with Crippen LogP contribution in [0.15, 0.2) is 18.2 Å². The van der Waals surface area contributed by atoms with Crippen molar-refractivity contribution in [2.24, 2.45) is 0 Å². The number of nitrogens with two attached hydrogens (primary N) is 1. The number of methoxy groups -OCH3 is 1. The maximum atomic E-state index is 13.3. The summed E-state index contributed by atoms with van der Waals surface area (Å²) in [4.78, 5) is 7.63. The Morgan fingerprint density at radius 3 is 2.86 bits per heavy atom. The van der Waals surface area contributed by atoms with Gasteiger partial charge in [0.1, 0.15) is 11.3 Å². The molecule has 5 heteroatoms. The number of fused-ring (bicyclic) bond motifs is 1. The van der Waals surface area contributed by atoms with Crippen LogP contribution in [-0.2, 0) is 0 Å². The predicted molar refractivity (Wildman–Crippen MR) is 50.5 cm³/mol. The molecule has 0 saturated carbocycles. The molecule has 0 aliphatic heterocycles. The molecule has 0 aliphatic carbocycles. The zero-order valence-corrected chi connectivity index (χ0v) is 7.49. The van der Waals surface area contributed by atoms with Crippen LogP contribution in [0.5, 0.6) is 5.88 Å². The quantitative estimate of drug-likeness (QED) is 0.742. The molecule has 0 amide bonds. The molecule has 1 aromatic carbocycles. The molecule has 0 radical (unpaired) electrons. The summed E-state index contributed by atoms with van der Waals surface area (Å²) in [6.45, 7) is 0. The van der Waals surface area contributed by atoms with Gasteiger partial charge in [-0.1, -0.05) is 6.07 Å². The van der Waals surface area contributed by atoms with Crippen LogP contribution in [0.25, 0.3) is 10.9 Å². The molecule has 1 aromatic heterocycles. The van der Waals surface area contributed by atoms with E-state index < -0.39 is 5.82 Å². The third kappa shape index (κ3) is 1.22. The summed E-state index contributed by atoms with van der Waals surface area (Å²) >= 11 is 0. The van der Waals surface area contributed by atoms with Gasteiger partial charge in [0.2, 0.25) is 11.8 Å². The van der Waals surface area contributed by atoms with Gasteiger partial charge in [-0.3, -0.25) is 0 Å². The fourth-order valence-electron chi connectivity index (χ4n) is 1.26. The lowest BCUT2D eigenvalue weighted by Gasteiger charge is -2.04. The van der Waals surface area contributed by atoms with Crippen molar-refractivity contribution in [2.45, 2.75) is 0 Å². The van der Waals surface area contributed by atoms with Crippen molar-refractivity contribution in [3.8, 4) is 5.88 Å². The molecule has 1 heterocycles. The molecular weight excluding hydrogens is 185 g/mol. The lowest BCUT2D eigenvalue weighted by Crippen LogP contribution is -1.99. The zero-order valence-electron chi connectivity index (χ0n) is 7.49. The van der Waals surface area contributed by atoms with Crippen LogP contribution in [0.3, 0.4) is 0 Å². The molecule has 2 rings (SSSR count). The second-order valence-electron chi connectivity index (χ2n) is 2.73. The fourth-order valence-corrected chi connectivity index (χ4v) is 1.26. The van der Waals surface area contributed by atoms with Crippen LogP contribution in [0.4, 0.5) is 10.3 Å². The van der Waals surface area contributed by atoms with E-state index in [-0.39, 0.29) is 17.3 Å². The number of hydrogen-bond acceptors (Lipinski definition) is 4.